The number of rotatable bonds is 11. The molecule has 0 aliphatic carbocycles. The van der Waals surface area contributed by atoms with Gasteiger partial charge in [0, 0.05) is 70.9 Å². The number of nitrogens with one attached hydrogen (secondary N) is 2. The van der Waals surface area contributed by atoms with Gasteiger partial charge in [-0.15, -0.1) is 11.8 Å². The number of hydrogen-bond acceptors (Lipinski definition) is 10. The van der Waals surface area contributed by atoms with E-state index in [0.29, 0.717) is 31.6 Å². The highest BCUT2D eigenvalue weighted by Crippen LogP contribution is 2.42. The lowest BCUT2D eigenvalue weighted by atomic mass is 9.85. The molecule has 0 radical (unpaired) electrons. The number of aromatic amines is 2. The van der Waals surface area contributed by atoms with Crippen molar-refractivity contribution < 1.29 is 35.1 Å². The summed E-state index contributed by atoms with van der Waals surface area (Å²) in [5, 5.41) is 50.9. The summed E-state index contributed by atoms with van der Waals surface area (Å²) in [4.78, 5) is 32.9. The van der Waals surface area contributed by atoms with Gasteiger partial charge in [0.2, 0.25) is 5.91 Å². The molecule has 12 nitrogen and oxygen atoms in total. The Balaban J connectivity index is 1.28. The molecule has 3 aromatic rings. The van der Waals surface area contributed by atoms with Crippen molar-refractivity contribution in [1.29, 1.82) is 0 Å². The number of aliphatic hydroxyl groups excluding tert-OH is 5. The van der Waals surface area contributed by atoms with Crippen LogP contribution in [0.4, 0.5) is 0 Å². The Morgan fingerprint density at radius 1 is 0.964 bits per heavy atom. The molecule has 0 saturated carbocycles. The van der Waals surface area contributed by atoms with E-state index in [2.05, 4.69) is 68.9 Å². The molecule has 13 heteroatoms. The minimum atomic E-state index is -1.41. The van der Waals surface area contributed by atoms with E-state index in [1.165, 1.54) is 22.9 Å². The highest BCUT2D eigenvalue weighted by atomic mass is 32.2. The van der Waals surface area contributed by atoms with E-state index in [1.54, 1.807) is 18.9 Å². The molecule has 0 aromatic carbocycles. The molecule has 1 saturated heterocycles. The molecule has 298 valence electrons. The number of H-pyrrole nitrogens is 2. The lowest BCUT2D eigenvalue weighted by molar-refractivity contribution is -0.205. The van der Waals surface area contributed by atoms with Crippen LogP contribution in [0.2, 0.25) is 0 Å². The molecule has 0 spiro atoms. The highest BCUT2D eigenvalue weighted by Gasteiger charge is 2.43. The Kier molecular flexibility index (Phi) is 12.6. The molecule has 3 aliphatic heterocycles. The van der Waals surface area contributed by atoms with E-state index in [-0.39, 0.29) is 17.7 Å². The smallest absolute Gasteiger partial charge is 0.222 e. The molecule has 7 N–H and O–H groups in total. The molecular formula is C42H57N5O7S. The fourth-order valence-electron chi connectivity index (χ4n) is 8.26. The summed E-state index contributed by atoms with van der Waals surface area (Å²) in [5.41, 5.74) is 12.8. The summed E-state index contributed by atoms with van der Waals surface area (Å²) in [7, 11) is 1.79. The number of carbonyl (C=O) groups is 1. The summed E-state index contributed by atoms with van der Waals surface area (Å²) >= 11 is 1.29. The van der Waals surface area contributed by atoms with Gasteiger partial charge in [-0.2, -0.15) is 0 Å². The van der Waals surface area contributed by atoms with Crippen molar-refractivity contribution in [3.8, 4) is 0 Å². The van der Waals surface area contributed by atoms with Crippen LogP contribution >= 0.6 is 11.8 Å². The number of thioether (sulfide) groups is 1. The maximum absolute atomic E-state index is 13.5. The number of fused-ring (bicyclic) bond motifs is 8. The molecule has 3 aliphatic rings. The molecule has 55 heavy (non-hydrogen) atoms. The van der Waals surface area contributed by atoms with Gasteiger partial charge in [-0.3, -0.25) is 9.78 Å². The molecule has 1 fully saturated rings. The summed E-state index contributed by atoms with van der Waals surface area (Å²) in [6.07, 6.45) is -1.17. The van der Waals surface area contributed by atoms with Gasteiger partial charge in [-0.1, -0.05) is 13.8 Å². The number of amides is 1. The van der Waals surface area contributed by atoms with E-state index in [1.807, 2.05) is 6.92 Å². The number of ether oxygens (including phenoxy) is 1. The summed E-state index contributed by atoms with van der Waals surface area (Å²) in [6.45, 7) is 14.5. The van der Waals surface area contributed by atoms with Gasteiger partial charge in [-0.05, 0) is 112 Å². The summed E-state index contributed by atoms with van der Waals surface area (Å²) < 4.78 is 5.60. The lowest BCUT2D eigenvalue weighted by Gasteiger charge is -2.39. The summed E-state index contributed by atoms with van der Waals surface area (Å²) in [6, 6.07) is 6.31. The second-order valence-corrected chi connectivity index (χ2v) is 16.6. The van der Waals surface area contributed by atoms with Crippen molar-refractivity contribution in [1.82, 2.24) is 24.8 Å². The average Bonchev–Trinajstić information content (AvgIpc) is 3.86. The third-order valence-electron chi connectivity index (χ3n) is 11.8. The number of allylic oxidation sites excluding steroid dienone is 1. The van der Waals surface area contributed by atoms with E-state index >= 15 is 0 Å². The lowest BCUT2D eigenvalue weighted by Crippen LogP contribution is -2.57. The molecule has 6 heterocycles. The Hall–Kier alpha value is -3.56. The molecule has 6 rings (SSSR count). The third-order valence-corrected chi connectivity index (χ3v) is 13.0. The number of carbonyl (C=O) groups excluding carboxylic acids is 1. The van der Waals surface area contributed by atoms with Crippen LogP contribution in [-0.4, -0.2) is 112 Å². The first-order chi connectivity index (χ1) is 26.1. The van der Waals surface area contributed by atoms with Crippen LogP contribution in [0.25, 0.3) is 33.7 Å². The molecule has 1 amide bonds. The Labute approximate surface area is 327 Å². The van der Waals surface area contributed by atoms with Crippen molar-refractivity contribution in [3.05, 3.63) is 68.8 Å². The van der Waals surface area contributed by atoms with Crippen LogP contribution < -0.4 is 0 Å². The van der Waals surface area contributed by atoms with Crippen molar-refractivity contribution in [3.63, 3.8) is 0 Å². The number of aliphatic hydroxyl groups is 5. The quantitative estimate of drug-likeness (QED) is 0.123. The van der Waals surface area contributed by atoms with Crippen LogP contribution in [0.15, 0.2) is 18.2 Å². The van der Waals surface area contributed by atoms with Gasteiger partial charge in [-0.25, -0.2) is 4.98 Å². The Bertz CT molecular complexity index is 2110. The van der Waals surface area contributed by atoms with Gasteiger partial charge >= 0.3 is 0 Å². The predicted octanol–water partition coefficient (Wildman–Crippen LogP) is 5.47. The molecule has 3 aromatic heterocycles. The van der Waals surface area contributed by atoms with E-state index in [4.69, 9.17) is 14.7 Å². The number of aryl methyl sites for hydroxylation is 3. The van der Waals surface area contributed by atoms with Crippen LogP contribution in [0, 0.1) is 20.8 Å². The van der Waals surface area contributed by atoms with Crippen LogP contribution in [-0.2, 0) is 16.0 Å². The van der Waals surface area contributed by atoms with E-state index in [0.717, 1.165) is 73.5 Å². The largest absolute Gasteiger partial charge is 0.394 e. The fraction of sp³-hybridized carbons (Fsp3) is 0.548. The number of hydrogen-bond donors (Lipinski definition) is 7. The molecule has 8 bridgehead atoms. The average molecular weight is 776 g/mol. The minimum Gasteiger partial charge on any atom is -0.394 e. The first kappa shape index (κ1) is 41.1. The standard InChI is InChI=1S/C42H57N5O7S/c1-9-26-21(3)30-18-34-37(25(7)49)23(5)32(45-34)17-31-22(4)27(38(46-31)24(6)29-15-20(2)28(43-29)16-33(26)44-30)11-12-36(50)47(8)13-10-14-55-42-41(53)40(52)39(51)35(19-48)54-42/h15-18,22,25,27,35,39-42,44-45,48-49,51-53H,9-14,19H2,1-8H3/t22-,25?,27-,35+,39+,40-,41+,42-/m0/s1. The molecule has 8 atom stereocenters. The van der Waals surface area contributed by atoms with Crippen molar-refractivity contribution in [2.75, 3.05) is 26.0 Å². The first-order valence-electron chi connectivity index (χ1n) is 19.4. The normalized spacial score (nSPS) is 24.5. The highest BCUT2D eigenvalue weighted by molar-refractivity contribution is 7.99. The van der Waals surface area contributed by atoms with Gasteiger partial charge in [0.15, 0.2) is 0 Å². The number of nitrogens with zero attached hydrogens (tertiary/aromatic N) is 3. The minimum absolute atomic E-state index is 0.0146. The topological polar surface area (TPSA) is 188 Å². The van der Waals surface area contributed by atoms with Crippen molar-refractivity contribution in [2.24, 2.45) is 0 Å². The maximum atomic E-state index is 13.5. The summed E-state index contributed by atoms with van der Waals surface area (Å²) in [5.74, 6) is 0.554. The SMILES string of the molecule is CCc1c(C)c2cc3[nH]c(cc4nc(c(C)c5nc(cc1[nH]2)C(C)=C5)[C@@H](CCC(=O)N(C)CCCS[C@@H]1O[C@H](CO)[C@@H](O)[C@H](O)[C@H]1O)[C@@H]4C)c(C)c3C(C)O. The van der Waals surface area contributed by atoms with E-state index < -0.39 is 42.6 Å². The maximum Gasteiger partial charge on any atom is 0.222 e. The second kappa shape index (κ2) is 16.9. The Morgan fingerprint density at radius 3 is 2.36 bits per heavy atom. The monoisotopic (exact) mass is 775 g/mol. The molecule has 1 unspecified atom stereocenters. The second-order valence-electron chi connectivity index (χ2n) is 15.4. The van der Waals surface area contributed by atoms with Crippen LogP contribution in [0.1, 0.15) is 115 Å². The van der Waals surface area contributed by atoms with Gasteiger partial charge in [0.1, 0.15) is 29.9 Å². The number of aromatic nitrogens is 4. The van der Waals surface area contributed by atoms with Gasteiger partial charge < -0.3 is 45.1 Å². The molecular weight excluding hydrogens is 719 g/mol. The zero-order valence-electron chi connectivity index (χ0n) is 33.2. The van der Waals surface area contributed by atoms with Gasteiger partial charge in [0.25, 0.3) is 0 Å². The van der Waals surface area contributed by atoms with E-state index in [9.17, 15) is 30.3 Å². The first-order valence-corrected chi connectivity index (χ1v) is 20.5. The van der Waals surface area contributed by atoms with Crippen molar-refractivity contribution in [2.45, 2.75) is 122 Å². The third kappa shape index (κ3) is 8.16. The fourth-order valence-corrected chi connectivity index (χ4v) is 9.37. The van der Waals surface area contributed by atoms with Crippen LogP contribution in [0.5, 0.6) is 0 Å². The van der Waals surface area contributed by atoms with Gasteiger partial charge in [0.05, 0.1) is 24.1 Å². The predicted molar refractivity (Wildman–Crippen MR) is 218 cm³/mol. The zero-order valence-corrected chi connectivity index (χ0v) is 34.0. The zero-order chi connectivity index (χ0) is 39.9. The van der Waals surface area contributed by atoms with Crippen LogP contribution in [0.3, 0.4) is 0 Å². The Morgan fingerprint density at radius 2 is 1.67 bits per heavy atom. The van der Waals surface area contributed by atoms with Crippen molar-refractivity contribution >= 4 is 51.4 Å².